The van der Waals surface area contributed by atoms with Gasteiger partial charge in [0.2, 0.25) is 0 Å². The summed E-state index contributed by atoms with van der Waals surface area (Å²) in [5.41, 5.74) is 0.761. The van der Waals surface area contributed by atoms with Gasteiger partial charge in [0.05, 0.1) is 33.6 Å². The van der Waals surface area contributed by atoms with E-state index in [2.05, 4.69) is 60.9 Å². The first-order valence-corrected chi connectivity index (χ1v) is 13.2. The second-order valence-electron chi connectivity index (χ2n) is 9.07. The normalized spacial score (nSPS) is 11.6. The fourth-order valence-electron chi connectivity index (χ4n) is 3.46. The lowest BCUT2D eigenvalue weighted by atomic mass is 10.1. The van der Waals surface area contributed by atoms with Gasteiger partial charge in [-0.05, 0) is 18.2 Å². The summed E-state index contributed by atoms with van der Waals surface area (Å²) in [5, 5.41) is 33.8. The number of aliphatic carboxylic acids is 2. The van der Waals surface area contributed by atoms with Crippen molar-refractivity contribution >= 4 is 41.6 Å². The molecule has 3 atom stereocenters. The lowest BCUT2D eigenvalue weighted by molar-refractivity contribution is -0.146. The Morgan fingerprint density at radius 2 is 1.21 bits per heavy atom. The fraction of sp³-hybridized carbons (Fsp3) is 0.267. The number of aliphatic hydroxyl groups excluding tert-OH is 1. The van der Waals surface area contributed by atoms with Crippen LogP contribution in [0.3, 0.4) is 0 Å². The Bertz CT molecular complexity index is 1720. The van der Waals surface area contributed by atoms with Crippen molar-refractivity contribution in [2.75, 3.05) is 20.8 Å². The molecule has 244 valence electrons. The highest BCUT2D eigenvalue weighted by molar-refractivity contribution is 5.98. The number of esters is 2. The summed E-state index contributed by atoms with van der Waals surface area (Å²) in [4.78, 5) is 89.6. The number of aliphatic hydroxyl groups is 1. The number of carboxylic acids is 2. The van der Waals surface area contributed by atoms with Crippen LogP contribution < -0.4 is 16.0 Å². The molecule has 47 heavy (non-hydrogen) atoms. The highest BCUT2D eigenvalue weighted by atomic mass is 16.5. The molecule has 1 heterocycles. The van der Waals surface area contributed by atoms with E-state index in [0.717, 1.165) is 14.2 Å². The molecule has 0 bridgehead atoms. The molecule has 17 nitrogen and oxygen atoms in total. The lowest BCUT2D eigenvalue weighted by Crippen LogP contribution is -2.43. The molecule has 0 radical (unpaired) electrons. The molecule has 0 saturated heterocycles. The van der Waals surface area contributed by atoms with Crippen molar-refractivity contribution in [2.45, 2.75) is 31.0 Å². The van der Waals surface area contributed by atoms with Gasteiger partial charge in [-0.25, -0.2) is 19.4 Å². The first kappa shape index (κ1) is 36.6. The Morgan fingerprint density at radius 1 is 0.766 bits per heavy atom. The van der Waals surface area contributed by atoms with Crippen molar-refractivity contribution in [1.82, 2.24) is 25.9 Å². The average Bonchev–Trinajstić information content (AvgIpc) is 3.56. The zero-order valence-corrected chi connectivity index (χ0v) is 24.7. The van der Waals surface area contributed by atoms with E-state index in [9.17, 15) is 38.7 Å². The van der Waals surface area contributed by atoms with Gasteiger partial charge in [0, 0.05) is 52.8 Å². The molecule has 0 aliphatic carbocycles. The number of carbonyl (C=O) groups excluding carboxylic acids is 5. The second-order valence-corrected chi connectivity index (χ2v) is 9.07. The van der Waals surface area contributed by atoms with Crippen LogP contribution in [0.5, 0.6) is 0 Å². The van der Waals surface area contributed by atoms with Gasteiger partial charge in [-0.1, -0.05) is 17.8 Å². The molecule has 17 heteroatoms. The Morgan fingerprint density at radius 3 is 1.60 bits per heavy atom. The lowest BCUT2D eigenvalue weighted by Gasteiger charge is -2.13. The fourth-order valence-corrected chi connectivity index (χ4v) is 3.46. The molecule has 2 rings (SSSR count). The number of H-pyrrole nitrogens is 1. The van der Waals surface area contributed by atoms with E-state index in [1.165, 1.54) is 30.7 Å². The maximum atomic E-state index is 12.6. The number of carbonyl (C=O) groups is 7. The van der Waals surface area contributed by atoms with E-state index in [1.54, 1.807) is 0 Å². The smallest absolute Gasteiger partial charge is 0.330 e. The molecule has 7 N–H and O–H groups in total. The second kappa shape index (κ2) is 18.2. The van der Waals surface area contributed by atoms with Crippen molar-refractivity contribution in [3.05, 3.63) is 53.1 Å². The monoisotopic (exact) mass is 649 g/mol. The molecule has 0 saturated carbocycles. The minimum Gasteiger partial charge on any atom is -0.481 e. The van der Waals surface area contributed by atoms with Gasteiger partial charge < -0.3 is 45.7 Å². The number of hydrogen-bond acceptors (Lipinski definition) is 11. The van der Waals surface area contributed by atoms with Gasteiger partial charge in [-0.2, -0.15) is 0 Å². The molecule has 0 spiro atoms. The van der Waals surface area contributed by atoms with Crippen LogP contribution in [-0.2, 0) is 49.5 Å². The summed E-state index contributed by atoms with van der Waals surface area (Å²) < 4.78 is 9.19. The van der Waals surface area contributed by atoms with E-state index in [0.29, 0.717) is 5.69 Å². The number of carboxylic acid groups (broad SMARTS) is 2. The first-order valence-electron chi connectivity index (χ1n) is 13.2. The zero-order chi connectivity index (χ0) is 34.9. The largest absolute Gasteiger partial charge is 0.481 e. The van der Waals surface area contributed by atoms with Crippen molar-refractivity contribution < 1.29 is 58.4 Å². The number of amides is 3. The molecule has 0 aliphatic rings. The van der Waals surface area contributed by atoms with Crippen LogP contribution in [0.25, 0.3) is 0 Å². The van der Waals surface area contributed by atoms with Crippen molar-refractivity contribution in [1.29, 1.82) is 0 Å². The van der Waals surface area contributed by atoms with Gasteiger partial charge in [0.1, 0.15) is 12.1 Å². The predicted molar refractivity (Wildman–Crippen MR) is 156 cm³/mol. The Balaban J connectivity index is 2.40. The molecule has 0 fully saturated rings. The van der Waals surface area contributed by atoms with Crippen molar-refractivity contribution in [3.8, 4) is 35.5 Å². The topological polar surface area (TPSA) is 263 Å². The predicted octanol–water partition coefficient (Wildman–Crippen LogP) is -2.94. The molecule has 0 aliphatic heterocycles. The molecule has 3 amide bonds. The molecule has 0 unspecified atom stereocenters. The van der Waals surface area contributed by atoms with E-state index < -0.39 is 72.8 Å². The number of ether oxygens (including phenoxy) is 2. The van der Waals surface area contributed by atoms with Crippen LogP contribution in [0.15, 0.2) is 30.7 Å². The number of imidazole rings is 1. The Kier molecular flexibility index (Phi) is 14.2. The molecular formula is C30H27N5O12. The number of hydrogen-bond donors (Lipinski definition) is 7. The third kappa shape index (κ3) is 12.9. The standard InChI is InChI=1S/C30H27N5O12/c1-46-29(44)22(12-20-14-31-16-32-20)34-25(38)7-4-18-9-17(3-6-24(37)33-21(28(42)43)13-27(40)41)10-19(11-18)5-8-26(39)35-23(15-36)30(45)47-2/h9-11,14,16,21-23,36H,12-13,15H2,1-2H3,(H,31,32)(H,33,37)(H,34,38)(H,35,39)(H,40,41)(H,42,43)/t21-,22-,23-/m0/s1. The molecule has 1 aromatic heterocycles. The number of benzene rings is 1. The van der Waals surface area contributed by atoms with Crippen LogP contribution in [0.2, 0.25) is 0 Å². The van der Waals surface area contributed by atoms with Crippen LogP contribution in [0.1, 0.15) is 28.8 Å². The van der Waals surface area contributed by atoms with Crippen molar-refractivity contribution in [2.24, 2.45) is 0 Å². The maximum absolute atomic E-state index is 12.6. The quantitative estimate of drug-likeness (QED) is 0.0950. The molecule has 1 aromatic carbocycles. The number of methoxy groups -OCH3 is 2. The van der Waals surface area contributed by atoms with Crippen molar-refractivity contribution in [3.63, 3.8) is 0 Å². The summed E-state index contributed by atoms with van der Waals surface area (Å²) in [7, 11) is 2.20. The Hall–Kier alpha value is -6.64. The average molecular weight is 650 g/mol. The van der Waals surface area contributed by atoms with E-state index >= 15 is 0 Å². The molecular weight excluding hydrogens is 622 g/mol. The highest BCUT2D eigenvalue weighted by Crippen LogP contribution is 2.09. The summed E-state index contributed by atoms with van der Waals surface area (Å²) in [6.45, 7) is -0.761. The van der Waals surface area contributed by atoms with E-state index in [1.807, 2.05) is 5.32 Å². The SMILES string of the molecule is COC(=O)[C@H](CO)NC(=O)C#Cc1cc(C#CC(=O)N[C@@H](CC(=O)O)C(=O)O)cc(C#CC(=O)N[C@@H](Cc2cnc[nH]2)C(=O)OC)c1. The summed E-state index contributed by atoms with van der Waals surface area (Å²) in [6.07, 6.45) is 1.97. The maximum Gasteiger partial charge on any atom is 0.330 e. The number of rotatable bonds is 11. The van der Waals surface area contributed by atoms with Crippen LogP contribution in [0.4, 0.5) is 0 Å². The minimum absolute atomic E-state index is 0.0251. The summed E-state index contributed by atoms with van der Waals surface area (Å²) >= 11 is 0. The highest BCUT2D eigenvalue weighted by Gasteiger charge is 2.23. The van der Waals surface area contributed by atoms with E-state index in [-0.39, 0.29) is 23.1 Å². The van der Waals surface area contributed by atoms with E-state index in [4.69, 9.17) is 14.9 Å². The molecule has 2 aromatic rings. The van der Waals surface area contributed by atoms with Gasteiger partial charge in [0.15, 0.2) is 6.04 Å². The van der Waals surface area contributed by atoms with Gasteiger partial charge >= 0.3 is 23.9 Å². The Labute approximate surface area is 266 Å². The zero-order valence-electron chi connectivity index (χ0n) is 24.7. The number of nitrogens with zero attached hydrogens (tertiary/aromatic N) is 1. The van der Waals surface area contributed by atoms with Gasteiger partial charge in [-0.15, -0.1) is 0 Å². The summed E-state index contributed by atoms with van der Waals surface area (Å²) in [5.74, 6) is 6.38. The van der Waals surface area contributed by atoms with Gasteiger partial charge in [-0.3, -0.25) is 19.2 Å². The number of nitrogens with one attached hydrogen (secondary N) is 4. The number of aromatic amines is 1. The van der Waals surface area contributed by atoms with Crippen LogP contribution in [0, 0.1) is 35.5 Å². The van der Waals surface area contributed by atoms with Gasteiger partial charge in [0.25, 0.3) is 17.7 Å². The van der Waals surface area contributed by atoms with Crippen LogP contribution >= 0.6 is 0 Å². The third-order valence-corrected chi connectivity index (χ3v) is 5.62. The van der Waals surface area contributed by atoms with Crippen LogP contribution in [-0.4, -0.2) is 106 Å². The number of aromatic nitrogens is 2. The summed E-state index contributed by atoms with van der Waals surface area (Å²) in [6, 6.07) is -0.277. The third-order valence-electron chi connectivity index (χ3n) is 5.62. The first-order chi connectivity index (χ1) is 22.3. The minimum atomic E-state index is -1.75.